The van der Waals surface area contributed by atoms with Crippen LogP contribution < -0.4 is 5.32 Å². The fourth-order valence-corrected chi connectivity index (χ4v) is 4.89. The molecule has 0 saturated carbocycles. The van der Waals surface area contributed by atoms with E-state index in [1.165, 1.54) is 6.07 Å². The van der Waals surface area contributed by atoms with Crippen molar-refractivity contribution in [1.82, 2.24) is 9.62 Å². The molecule has 24 heavy (non-hydrogen) atoms. The highest BCUT2D eigenvalue weighted by molar-refractivity contribution is 7.89. The molecule has 0 spiro atoms. The summed E-state index contributed by atoms with van der Waals surface area (Å²) in [5, 5.41) is 2.86. The topological polar surface area (TPSA) is 66.5 Å². The zero-order valence-electron chi connectivity index (χ0n) is 15.2. The molecule has 0 bridgehead atoms. The lowest BCUT2D eigenvalue weighted by atomic mass is 9.94. The Labute approximate surface area is 145 Å². The third kappa shape index (κ3) is 4.57. The minimum atomic E-state index is -3.57. The minimum Gasteiger partial charge on any atom is -0.347 e. The molecule has 1 N–H and O–H groups in total. The third-order valence-corrected chi connectivity index (χ3v) is 5.89. The van der Waals surface area contributed by atoms with Gasteiger partial charge < -0.3 is 5.32 Å². The first kappa shape index (κ1) is 18.9. The van der Waals surface area contributed by atoms with Gasteiger partial charge in [-0.1, -0.05) is 19.9 Å². The number of benzene rings is 1. The number of sulfonamides is 1. The van der Waals surface area contributed by atoms with Crippen LogP contribution in [0.5, 0.6) is 0 Å². The maximum atomic E-state index is 12.9. The molecule has 0 aliphatic carbocycles. The number of hydrogen-bond donors (Lipinski definition) is 1. The van der Waals surface area contributed by atoms with Gasteiger partial charge in [0.15, 0.2) is 0 Å². The van der Waals surface area contributed by atoms with E-state index in [1.54, 1.807) is 22.5 Å². The molecule has 134 valence electrons. The first-order chi connectivity index (χ1) is 11.0. The van der Waals surface area contributed by atoms with Crippen LogP contribution in [-0.2, 0) is 10.0 Å². The average Bonchev–Trinajstić information content (AvgIpc) is 2.44. The molecule has 1 heterocycles. The molecule has 0 radical (unpaired) electrons. The standard InChI is InChI=1S/C18H28N2O3S/c1-13-9-14(2)12-20(11-13)24(22,23)16-8-6-7-15(10-16)17(21)19-18(3,4)5/h6-8,10,13-14H,9,11-12H2,1-5H3,(H,19,21). The predicted molar refractivity (Wildman–Crippen MR) is 95.4 cm³/mol. The van der Waals surface area contributed by atoms with E-state index in [0.29, 0.717) is 30.5 Å². The van der Waals surface area contributed by atoms with Crippen LogP contribution in [0.15, 0.2) is 29.2 Å². The average molecular weight is 353 g/mol. The number of nitrogens with zero attached hydrogens (tertiary/aromatic N) is 1. The highest BCUT2D eigenvalue weighted by Crippen LogP contribution is 2.27. The van der Waals surface area contributed by atoms with Crippen LogP contribution in [0.2, 0.25) is 0 Å². The van der Waals surface area contributed by atoms with E-state index in [4.69, 9.17) is 0 Å². The van der Waals surface area contributed by atoms with Crippen molar-refractivity contribution >= 4 is 15.9 Å². The fraction of sp³-hybridized carbons (Fsp3) is 0.611. The summed E-state index contributed by atoms with van der Waals surface area (Å²) in [6.07, 6.45) is 1.04. The van der Waals surface area contributed by atoms with Crippen molar-refractivity contribution in [3.8, 4) is 0 Å². The predicted octanol–water partition coefficient (Wildman–Crippen LogP) is 2.88. The molecule has 1 aliphatic heterocycles. The van der Waals surface area contributed by atoms with Gasteiger partial charge in [0.25, 0.3) is 5.91 Å². The van der Waals surface area contributed by atoms with Crippen LogP contribution in [0.4, 0.5) is 0 Å². The number of carbonyl (C=O) groups is 1. The van der Waals surface area contributed by atoms with Gasteiger partial charge in [0, 0.05) is 24.2 Å². The van der Waals surface area contributed by atoms with Crippen molar-refractivity contribution in [3.63, 3.8) is 0 Å². The molecule has 1 aromatic rings. The van der Waals surface area contributed by atoms with E-state index in [2.05, 4.69) is 19.2 Å². The number of hydrogen-bond acceptors (Lipinski definition) is 3. The summed E-state index contributed by atoms with van der Waals surface area (Å²) >= 11 is 0. The summed E-state index contributed by atoms with van der Waals surface area (Å²) in [5.41, 5.74) is -0.00642. The van der Waals surface area contributed by atoms with Gasteiger partial charge in [-0.15, -0.1) is 0 Å². The Morgan fingerprint density at radius 2 is 1.75 bits per heavy atom. The van der Waals surface area contributed by atoms with Crippen LogP contribution in [0.1, 0.15) is 51.4 Å². The monoisotopic (exact) mass is 352 g/mol. The zero-order valence-corrected chi connectivity index (χ0v) is 16.0. The molecule has 1 aromatic carbocycles. The Balaban J connectivity index is 2.28. The Bertz CT molecular complexity index is 697. The lowest BCUT2D eigenvalue weighted by Crippen LogP contribution is -2.42. The van der Waals surface area contributed by atoms with Crippen molar-refractivity contribution in [3.05, 3.63) is 29.8 Å². The SMILES string of the molecule is CC1CC(C)CN(S(=O)(=O)c2cccc(C(=O)NC(C)(C)C)c2)C1. The largest absolute Gasteiger partial charge is 0.347 e. The summed E-state index contributed by atoms with van der Waals surface area (Å²) in [7, 11) is -3.57. The third-order valence-electron chi connectivity index (χ3n) is 4.06. The van der Waals surface area contributed by atoms with Gasteiger partial charge in [-0.05, 0) is 57.2 Å². The number of carbonyl (C=O) groups excluding carboxylic acids is 1. The van der Waals surface area contributed by atoms with E-state index in [0.717, 1.165) is 6.42 Å². The molecule has 1 aliphatic rings. The normalized spacial score (nSPS) is 23.0. The van der Waals surface area contributed by atoms with Gasteiger partial charge in [-0.2, -0.15) is 4.31 Å². The number of nitrogens with one attached hydrogen (secondary N) is 1. The second kappa shape index (κ2) is 6.84. The second-order valence-electron chi connectivity index (χ2n) is 8.00. The first-order valence-corrected chi connectivity index (χ1v) is 9.86. The lowest BCUT2D eigenvalue weighted by Gasteiger charge is -2.34. The highest BCUT2D eigenvalue weighted by atomic mass is 32.2. The molecule has 0 aromatic heterocycles. The van der Waals surface area contributed by atoms with E-state index < -0.39 is 10.0 Å². The number of piperidine rings is 1. The zero-order chi connectivity index (χ0) is 18.1. The Kier molecular flexibility index (Phi) is 5.40. The van der Waals surface area contributed by atoms with Gasteiger partial charge in [-0.25, -0.2) is 8.42 Å². The van der Waals surface area contributed by atoms with Crippen LogP contribution in [0.3, 0.4) is 0 Å². The maximum Gasteiger partial charge on any atom is 0.251 e. The van der Waals surface area contributed by atoms with Crippen LogP contribution >= 0.6 is 0 Å². The maximum absolute atomic E-state index is 12.9. The number of rotatable bonds is 3. The van der Waals surface area contributed by atoms with Crippen LogP contribution in [0, 0.1) is 11.8 Å². The van der Waals surface area contributed by atoms with Crippen molar-refractivity contribution in [1.29, 1.82) is 0 Å². The van der Waals surface area contributed by atoms with Gasteiger partial charge in [0.1, 0.15) is 0 Å². The molecule has 2 unspecified atom stereocenters. The lowest BCUT2D eigenvalue weighted by molar-refractivity contribution is 0.0919. The highest BCUT2D eigenvalue weighted by Gasteiger charge is 2.32. The molecule has 2 atom stereocenters. The molecular weight excluding hydrogens is 324 g/mol. The van der Waals surface area contributed by atoms with Crippen molar-refractivity contribution in [2.75, 3.05) is 13.1 Å². The number of amides is 1. The quantitative estimate of drug-likeness (QED) is 0.909. The second-order valence-corrected chi connectivity index (χ2v) is 9.94. The van der Waals surface area contributed by atoms with Crippen molar-refractivity contribution in [2.24, 2.45) is 11.8 Å². The van der Waals surface area contributed by atoms with Gasteiger partial charge in [0.2, 0.25) is 10.0 Å². The molecule has 1 amide bonds. The minimum absolute atomic E-state index is 0.186. The van der Waals surface area contributed by atoms with Gasteiger partial charge in [-0.3, -0.25) is 4.79 Å². The van der Waals surface area contributed by atoms with Crippen molar-refractivity contribution < 1.29 is 13.2 Å². The van der Waals surface area contributed by atoms with E-state index in [-0.39, 0.29) is 16.3 Å². The van der Waals surface area contributed by atoms with E-state index in [9.17, 15) is 13.2 Å². The van der Waals surface area contributed by atoms with Gasteiger partial charge >= 0.3 is 0 Å². The molecule has 1 saturated heterocycles. The molecule has 5 nitrogen and oxygen atoms in total. The van der Waals surface area contributed by atoms with Gasteiger partial charge in [0.05, 0.1) is 4.90 Å². The summed E-state index contributed by atoms with van der Waals surface area (Å²) in [6.45, 7) is 10.9. The Morgan fingerprint density at radius 3 is 2.29 bits per heavy atom. The summed E-state index contributed by atoms with van der Waals surface area (Å²) in [6, 6.07) is 6.30. The summed E-state index contributed by atoms with van der Waals surface area (Å²) in [5.74, 6) is 0.423. The van der Waals surface area contributed by atoms with Crippen LogP contribution in [0.25, 0.3) is 0 Å². The summed E-state index contributed by atoms with van der Waals surface area (Å²) in [4.78, 5) is 12.5. The Hall–Kier alpha value is -1.40. The fourth-order valence-electron chi connectivity index (χ4n) is 3.16. The molecule has 2 rings (SSSR count). The van der Waals surface area contributed by atoms with E-state index >= 15 is 0 Å². The van der Waals surface area contributed by atoms with Crippen LogP contribution in [-0.4, -0.2) is 37.3 Å². The molecule has 1 fully saturated rings. The Morgan fingerprint density at radius 1 is 1.17 bits per heavy atom. The molecular formula is C18H28N2O3S. The smallest absolute Gasteiger partial charge is 0.251 e. The van der Waals surface area contributed by atoms with E-state index in [1.807, 2.05) is 20.8 Å². The summed E-state index contributed by atoms with van der Waals surface area (Å²) < 4.78 is 27.4. The first-order valence-electron chi connectivity index (χ1n) is 8.42. The van der Waals surface area contributed by atoms with Crippen molar-refractivity contribution in [2.45, 2.75) is 51.5 Å². The molecule has 6 heteroatoms.